The van der Waals surface area contributed by atoms with Crippen molar-refractivity contribution in [3.05, 3.63) is 23.8 Å². The molecule has 2 aliphatic rings. The molecule has 17 heavy (non-hydrogen) atoms. The maximum Gasteiger partial charge on any atom is 0.166 e. The van der Waals surface area contributed by atoms with E-state index in [0.717, 1.165) is 18.4 Å². The van der Waals surface area contributed by atoms with Crippen LogP contribution in [-0.4, -0.2) is 18.0 Å². The first kappa shape index (κ1) is 12.6. The zero-order valence-electron chi connectivity index (χ0n) is 11.0. The topological polar surface area (TPSA) is 26.3 Å². The van der Waals surface area contributed by atoms with Crippen molar-refractivity contribution < 1.29 is 9.53 Å². The highest BCUT2D eigenvalue weighted by Crippen LogP contribution is 2.40. The summed E-state index contributed by atoms with van der Waals surface area (Å²) >= 11 is 0. The number of ketones is 1. The molecule has 0 saturated carbocycles. The first-order valence-electron chi connectivity index (χ1n) is 6.53. The van der Waals surface area contributed by atoms with Crippen LogP contribution in [0.4, 0.5) is 0 Å². The van der Waals surface area contributed by atoms with Gasteiger partial charge in [0.2, 0.25) is 0 Å². The summed E-state index contributed by atoms with van der Waals surface area (Å²) in [6.07, 6.45) is 4.69. The van der Waals surface area contributed by atoms with Crippen molar-refractivity contribution in [3.63, 3.8) is 0 Å². The van der Waals surface area contributed by atoms with Crippen molar-refractivity contribution in [2.24, 2.45) is 11.8 Å². The molecule has 0 spiro atoms. The maximum atomic E-state index is 12.1. The molecule has 2 nitrogen and oxygen atoms in total. The van der Waals surface area contributed by atoms with E-state index in [-0.39, 0.29) is 18.0 Å². The van der Waals surface area contributed by atoms with Gasteiger partial charge in [-0.2, -0.15) is 0 Å². The van der Waals surface area contributed by atoms with Gasteiger partial charge in [-0.25, -0.2) is 0 Å². The van der Waals surface area contributed by atoms with Gasteiger partial charge in [0.05, 0.1) is 6.10 Å². The van der Waals surface area contributed by atoms with Gasteiger partial charge < -0.3 is 4.74 Å². The minimum absolute atomic E-state index is 0.0948. The van der Waals surface area contributed by atoms with E-state index in [1.54, 1.807) is 0 Å². The van der Waals surface area contributed by atoms with E-state index in [4.69, 9.17) is 4.74 Å². The third kappa shape index (κ3) is 2.52. The Morgan fingerprint density at radius 2 is 2.29 bits per heavy atom. The van der Waals surface area contributed by atoms with Crippen LogP contribution in [0.2, 0.25) is 0 Å². The Labute approximate surface area is 104 Å². The normalized spacial score (nSPS) is 32.6. The Balaban J connectivity index is 2.09. The van der Waals surface area contributed by atoms with E-state index in [9.17, 15) is 4.79 Å². The Kier molecular flexibility index (Phi) is 3.53. The number of hydrogen-bond acceptors (Lipinski definition) is 2. The van der Waals surface area contributed by atoms with Gasteiger partial charge in [-0.05, 0) is 31.3 Å². The van der Waals surface area contributed by atoms with Crippen molar-refractivity contribution in [2.75, 3.05) is 0 Å². The van der Waals surface area contributed by atoms with Gasteiger partial charge in [0.25, 0.3) is 0 Å². The van der Waals surface area contributed by atoms with Crippen LogP contribution >= 0.6 is 0 Å². The molecule has 0 aromatic heterocycles. The number of fused-ring (bicyclic) bond motifs is 1. The number of rotatable bonds is 3. The zero-order chi connectivity index (χ0) is 12.6. The van der Waals surface area contributed by atoms with Crippen LogP contribution in [-0.2, 0) is 9.53 Å². The molecule has 3 unspecified atom stereocenters. The molecule has 1 fully saturated rings. The van der Waals surface area contributed by atoms with Gasteiger partial charge in [-0.3, -0.25) is 4.79 Å². The summed E-state index contributed by atoms with van der Waals surface area (Å²) in [6, 6.07) is 0. The molecular weight excluding hydrogens is 212 g/mol. The van der Waals surface area contributed by atoms with E-state index in [1.807, 2.05) is 0 Å². The van der Waals surface area contributed by atoms with Gasteiger partial charge in [-0.1, -0.05) is 32.1 Å². The van der Waals surface area contributed by atoms with Gasteiger partial charge in [-0.15, -0.1) is 0 Å². The molecule has 1 saturated heterocycles. The van der Waals surface area contributed by atoms with Crippen molar-refractivity contribution in [1.82, 2.24) is 0 Å². The van der Waals surface area contributed by atoms with Crippen LogP contribution in [0.1, 0.15) is 40.0 Å². The second-order valence-corrected chi connectivity index (χ2v) is 5.78. The van der Waals surface area contributed by atoms with Crippen LogP contribution in [0, 0.1) is 11.8 Å². The lowest BCUT2D eigenvalue weighted by molar-refractivity contribution is -0.128. The second kappa shape index (κ2) is 4.77. The number of ether oxygens (including phenoxy) is 1. The molecule has 1 heterocycles. The second-order valence-electron chi connectivity index (χ2n) is 5.78. The molecule has 0 bridgehead atoms. The van der Waals surface area contributed by atoms with E-state index in [2.05, 4.69) is 33.4 Å². The molecule has 3 atom stereocenters. The molecule has 94 valence electrons. The fourth-order valence-corrected chi connectivity index (χ4v) is 2.79. The van der Waals surface area contributed by atoms with Gasteiger partial charge in [0, 0.05) is 12.3 Å². The summed E-state index contributed by atoms with van der Waals surface area (Å²) in [5.41, 5.74) is 2.38. The molecule has 0 aromatic rings. The molecule has 0 amide bonds. The van der Waals surface area contributed by atoms with Gasteiger partial charge >= 0.3 is 0 Å². The van der Waals surface area contributed by atoms with Crippen molar-refractivity contribution in [1.29, 1.82) is 0 Å². The average molecular weight is 234 g/mol. The molecule has 1 aliphatic carbocycles. The largest absolute Gasteiger partial charge is 0.358 e. The van der Waals surface area contributed by atoms with Crippen LogP contribution in [0.15, 0.2) is 23.8 Å². The van der Waals surface area contributed by atoms with Crippen molar-refractivity contribution >= 4 is 5.78 Å². The number of Topliss-reactive ketones (excluding diaryl/α,β-unsaturated/α-hetero) is 1. The molecule has 0 aromatic carbocycles. The predicted octanol–water partition coefficient (Wildman–Crippen LogP) is 3.28. The zero-order valence-corrected chi connectivity index (χ0v) is 11.0. The Hall–Kier alpha value is -0.890. The molecule has 1 aliphatic heterocycles. The number of carbonyl (C=O) groups excluding carboxylic acids is 1. The first-order valence-corrected chi connectivity index (χ1v) is 6.53. The third-order valence-corrected chi connectivity index (χ3v) is 3.70. The molecular formula is C15H22O2. The Morgan fingerprint density at radius 1 is 1.59 bits per heavy atom. The lowest BCUT2D eigenvalue weighted by Gasteiger charge is -2.21. The SMILES string of the molecule is C=C1C(C(=O)CC(C)C)OC2C=C(C)CCC12. The molecule has 0 N–H and O–H groups in total. The average Bonchev–Trinajstić information content (AvgIpc) is 2.54. The van der Waals surface area contributed by atoms with Crippen LogP contribution in [0.25, 0.3) is 0 Å². The molecule has 2 rings (SSSR count). The van der Waals surface area contributed by atoms with Crippen LogP contribution in [0.5, 0.6) is 0 Å². The summed E-state index contributed by atoms with van der Waals surface area (Å²) in [4.78, 5) is 12.1. The van der Waals surface area contributed by atoms with Crippen molar-refractivity contribution in [3.8, 4) is 0 Å². The standard InChI is InChI=1S/C15H22O2/c1-9(2)7-13(16)15-11(4)12-6-5-10(3)8-14(12)17-15/h8-9,12,14-15H,4-7H2,1-3H3. The third-order valence-electron chi connectivity index (χ3n) is 3.70. The van der Waals surface area contributed by atoms with E-state index < -0.39 is 0 Å². The number of hydrogen-bond donors (Lipinski definition) is 0. The highest BCUT2D eigenvalue weighted by molar-refractivity contribution is 5.86. The number of allylic oxidation sites excluding steroid dienone is 1. The fourth-order valence-electron chi connectivity index (χ4n) is 2.79. The smallest absolute Gasteiger partial charge is 0.166 e. The maximum absolute atomic E-state index is 12.1. The first-order chi connectivity index (χ1) is 7.99. The van der Waals surface area contributed by atoms with Crippen LogP contribution in [0.3, 0.4) is 0 Å². The lowest BCUT2D eigenvalue weighted by Crippen LogP contribution is -2.23. The minimum atomic E-state index is -0.352. The molecule has 0 radical (unpaired) electrons. The van der Waals surface area contributed by atoms with Gasteiger partial charge in [0.1, 0.15) is 6.10 Å². The van der Waals surface area contributed by atoms with Gasteiger partial charge in [0.15, 0.2) is 5.78 Å². The quantitative estimate of drug-likeness (QED) is 0.700. The van der Waals surface area contributed by atoms with E-state index in [1.165, 1.54) is 5.57 Å². The summed E-state index contributed by atoms with van der Waals surface area (Å²) in [6.45, 7) is 10.4. The predicted molar refractivity (Wildman–Crippen MR) is 68.7 cm³/mol. The van der Waals surface area contributed by atoms with Crippen LogP contribution < -0.4 is 0 Å². The van der Waals surface area contributed by atoms with E-state index in [0.29, 0.717) is 18.3 Å². The van der Waals surface area contributed by atoms with Crippen molar-refractivity contribution in [2.45, 2.75) is 52.2 Å². The Bertz CT molecular complexity index is 365. The number of carbonyl (C=O) groups is 1. The summed E-state index contributed by atoms with van der Waals surface area (Å²) in [5.74, 6) is 0.948. The summed E-state index contributed by atoms with van der Waals surface area (Å²) in [7, 11) is 0. The monoisotopic (exact) mass is 234 g/mol. The van der Waals surface area contributed by atoms with E-state index >= 15 is 0 Å². The Morgan fingerprint density at radius 3 is 2.94 bits per heavy atom. The minimum Gasteiger partial charge on any atom is -0.358 e. The highest BCUT2D eigenvalue weighted by Gasteiger charge is 2.41. The molecule has 2 heteroatoms. The summed E-state index contributed by atoms with van der Waals surface area (Å²) < 4.78 is 5.89. The lowest BCUT2D eigenvalue weighted by atomic mass is 9.83. The highest BCUT2D eigenvalue weighted by atomic mass is 16.5. The fraction of sp³-hybridized carbons (Fsp3) is 0.667. The summed E-state index contributed by atoms with van der Waals surface area (Å²) in [5, 5.41) is 0.